The zero-order valence-electron chi connectivity index (χ0n) is 14.6. The molecule has 0 saturated carbocycles. The summed E-state index contributed by atoms with van der Waals surface area (Å²) in [6.45, 7) is 4.52. The molecule has 1 unspecified atom stereocenters. The van der Waals surface area contributed by atoms with Gasteiger partial charge >= 0.3 is 5.97 Å². The van der Waals surface area contributed by atoms with E-state index < -0.39 is 0 Å². The molecule has 6 nitrogen and oxygen atoms in total. The van der Waals surface area contributed by atoms with Crippen molar-refractivity contribution in [2.24, 2.45) is 5.92 Å². The molecule has 1 saturated heterocycles. The molecule has 0 bridgehead atoms. The molecule has 25 heavy (non-hydrogen) atoms. The standard InChI is InChI=1S/C19H23N3O3/c1-13-20-17(10-18(23)21-13)12-22-8-7-15(11-22)9-14-3-5-16(6-4-14)19(24)25-2/h3-6,10,15H,7-9,11-12H2,1-2H3,(H,20,21,23). The van der Waals surface area contributed by atoms with Gasteiger partial charge in [0.2, 0.25) is 0 Å². The maximum Gasteiger partial charge on any atom is 0.337 e. The van der Waals surface area contributed by atoms with Crippen molar-refractivity contribution in [1.29, 1.82) is 0 Å². The number of aromatic amines is 1. The Labute approximate surface area is 146 Å². The number of esters is 1. The molecule has 1 fully saturated rings. The summed E-state index contributed by atoms with van der Waals surface area (Å²) >= 11 is 0. The van der Waals surface area contributed by atoms with Gasteiger partial charge in [-0.2, -0.15) is 0 Å². The molecule has 1 atom stereocenters. The Morgan fingerprint density at radius 2 is 2.12 bits per heavy atom. The van der Waals surface area contributed by atoms with Gasteiger partial charge in [0.15, 0.2) is 0 Å². The number of hydrogen-bond acceptors (Lipinski definition) is 5. The van der Waals surface area contributed by atoms with Gasteiger partial charge in [-0.25, -0.2) is 9.78 Å². The van der Waals surface area contributed by atoms with Gasteiger partial charge < -0.3 is 9.72 Å². The lowest BCUT2D eigenvalue weighted by Crippen LogP contribution is -2.23. The quantitative estimate of drug-likeness (QED) is 0.841. The highest BCUT2D eigenvalue weighted by Crippen LogP contribution is 2.22. The SMILES string of the molecule is COC(=O)c1ccc(CC2CCN(Cc3cc(=O)[nH]c(C)n3)C2)cc1. The molecule has 1 aromatic heterocycles. The first-order valence-electron chi connectivity index (χ1n) is 8.50. The van der Waals surface area contributed by atoms with Crippen molar-refractivity contribution in [3.63, 3.8) is 0 Å². The highest BCUT2D eigenvalue weighted by molar-refractivity contribution is 5.89. The first-order valence-corrected chi connectivity index (χ1v) is 8.50. The van der Waals surface area contributed by atoms with Crippen LogP contribution in [-0.2, 0) is 17.7 Å². The van der Waals surface area contributed by atoms with Crippen LogP contribution in [0.5, 0.6) is 0 Å². The van der Waals surface area contributed by atoms with Crippen molar-refractivity contribution in [3.05, 3.63) is 63.3 Å². The molecule has 2 aromatic rings. The number of ether oxygens (including phenoxy) is 1. The number of likely N-dealkylation sites (tertiary alicyclic amines) is 1. The molecule has 1 aliphatic rings. The first-order chi connectivity index (χ1) is 12.0. The van der Waals surface area contributed by atoms with Crippen LogP contribution >= 0.6 is 0 Å². The van der Waals surface area contributed by atoms with Crippen molar-refractivity contribution >= 4 is 5.97 Å². The second kappa shape index (κ2) is 7.61. The number of nitrogens with zero attached hydrogens (tertiary/aromatic N) is 2. The minimum atomic E-state index is -0.306. The average molecular weight is 341 g/mol. The van der Waals surface area contributed by atoms with Crippen molar-refractivity contribution in [1.82, 2.24) is 14.9 Å². The molecule has 0 spiro atoms. The van der Waals surface area contributed by atoms with E-state index in [9.17, 15) is 9.59 Å². The molecular weight excluding hydrogens is 318 g/mol. The first kappa shape index (κ1) is 17.4. The number of H-pyrrole nitrogens is 1. The Balaban J connectivity index is 1.56. The Bertz CT molecular complexity index is 798. The van der Waals surface area contributed by atoms with E-state index in [0.717, 1.165) is 31.6 Å². The van der Waals surface area contributed by atoms with Crippen LogP contribution in [0.25, 0.3) is 0 Å². The van der Waals surface area contributed by atoms with Gasteiger partial charge in [-0.3, -0.25) is 9.69 Å². The molecule has 6 heteroatoms. The van der Waals surface area contributed by atoms with Gasteiger partial charge in [0.25, 0.3) is 5.56 Å². The summed E-state index contributed by atoms with van der Waals surface area (Å²) in [6, 6.07) is 9.20. The summed E-state index contributed by atoms with van der Waals surface area (Å²) in [4.78, 5) is 32.4. The number of carbonyl (C=O) groups is 1. The molecule has 0 amide bonds. The number of rotatable bonds is 5. The zero-order chi connectivity index (χ0) is 17.8. The van der Waals surface area contributed by atoms with Crippen LogP contribution in [0.1, 0.15) is 33.9 Å². The lowest BCUT2D eigenvalue weighted by Gasteiger charge is -2.15. The number of benzene rings is 1. The van der Waals surface area contributed by atoms with E-state index in [4.69, 9.17) is 4.74 Å². The molecule has 0 aliphatic carbocycles. The van der Waals surface area contributed by atoms with E-state index in [1.54, 1.807) is 13.0 Å². The zero-order valence-corrected chi connectivity index (χ0v) is 14.6. The third kappa shape index (κ3) is 4.54. The molecular formula is C19H23N3O3. The van der Waals surface area contributed by atoms with E-state index in [1.807, 2.05) is 24.3 Å². The third-order valence-corrected chi connectivity index (χ3v) is 4.57. The summed E-state index contributed by atoms with van der Waals surface area (Å²) in [5, 5.41) is 0. The summed E-state index contributed by atoms with van der Waals surface area (Å²) in [6.07, 6.45) is 2.11. The van der Waals surface area contributed by atoms with Gasteiger partial charge in [-0.15, -0.1) is 0 Å². The Hall–Kier alpha value is -2.47. The summed E-state index contributed by atoms with van der Waals surface area (Å²) < 4.78 is 4.72. The van der Waals surface area contributed by atoms with Crippen LogP contribution in [0, 0.1) is 12.8 Å². The summed E-state index contributed by atoms with van der Waals surface area (Å²) in [5.74, 6) is 0.926. The van der Waals surface area contributed by atoms with Gasteiger partial charge in [0.1, 0.15) is 5.82 Å². The van der Waals surface area contributed by atoms with Crippen LogP contribution in [0.3, 0.4) is 0 Å². The van der Waals surface area contributed by atoms with Crippen LogP contribution in [0.2, 0.25) is 0 Å². The summed E-state index contributed by atoms with van der Waals surface area (Å²) in [5.41, 5.74) is 2.54. The van der Waals surface area contributed by atoms with Gasteiger partial charge in [0, 0.05) is 19.2 Å². The molecule has 1 N–H and O–H groups in total. The monoisotopic (exact) mass is 341 g/mol. The minimum absolute atomic E-state index is 0.0936. The van der Waals surface area contributed by atoms with Crippen molar-refractivity contribution in [2.45, 2.75) is 26.3 Å². The van der Waals surface area contributed by atoms with Crippen LogP contribution in [0.4, 0.5) is 0 Å². The van der Waals surface area contributed by atoms with E-state index >= 15 is 0 Å². The number of hydrogen-bond donors (Lipinski definition) is 1. The normalized spacial score (nSPS) is 17.6. The van der Waals surface area contributed by atoms with Gasteiger partial charge in [-0.05, 0) is 49.9 Å². The maximum atomic E-state index is 11.5. The highest BCUT2D eigenvalue weighted by Gasteiger charge is 2.23. The van der Waals surface area contributed by atoms with Crippen LogP contribution in [0.15, 0.2) is 35.1 Å². The van der Waals surface area contributed by atoms with Crippen LogP contribution < -0.4 is 5.56 Å². The molecule has 132 valence electrons. The second-order valence-electron chi connectivity index (χ2n) is 6.60. The summed E-state index contributed by atoms with van der Waals surface area (Å²) in [7, 11) is 1.39. The fourth-order valence-corrected chi connectivity index (χ4v) is 3.40. The number of nitrogens with one attached hydrogen (secondary N) is 1. The fourth-order valence-electron chi connectivity index (χ4n) is 3.40. The smallest absolute Gasteiger partial charge is 0.337 e. The lowest BCUT2D eigenvalue weighted by molar-refractivity contribution is 0.0600. The number of carbonyl (C=O) groups excluding carboxylic acids is 1. The van der Waals surface area contributed by atoms with Gasteiger partial charge in [0.05, 0.1) is 18.4 Å². The Morgan fingerprint density at radius 3 is 2.80 bits per heavy atom. The number of aryl methyl sites for hydroxylation is 1. The largest absolute Gasteiger partial charge is 0.465 e. The second-order valence-corrected chi connectivity index (χ2v) is 6.60. The number of methoxy groups -OCH3 is 1. The average Bonchev–Trinajstić information content (AvgIpc) is 3.00. The predicted octanol–water partition coefficient (Wildman–Crippen LogP) is 1.93. The predicted molar refractivity (Wildman–Crippen MR) is 94.5 cm³/mol. The minimum Gasteiger partial charge on any atom is -0.465 e. The number of aromatic nitrogens is 2. The maximum absolute atomic E-state index is 11.5. The highest BCUT2D eigenvalue weighted by atomic mass is 16.5. The van der Waals surface area contributed by atoms with E-state index in [-0.39, 0.29) is 11.5 Å². The van der Waals surface area contributed by atoms with Crippen molar-refractivity contribution < 1.29 is 9.53 Å². The van der Waals surface area contributed by atoms with E-state index in [1.165, 1.54) is 12.7 Å². The Kier molecular flexibility index (Phi) is 5.28. The van der Waals surface area contributed by atoms with Gasteiger partial charge in [-0.1, -0.05) is 12.1 Å². The third-order valence-electron chi connectivity index (χ3n) is 4.57. The van der Waals surface area contributed by atoms with Crippen molar-refractivity contribution in [3.8, 4) is 0 Å². The lowest BCUT2D eigenvalue weighted by atomic mass is 9.98. The van der Waals surface area contributed by atoms with Crippen LogP contribution in [-0.4, -0.2) is 41.0 Å². The molecule has 0 radical (unpaired) electrons. The topological polar surface area (TPSA) is 75.3 Å². The Morgan fingerprint density at radius 1 is 1.36 bits per heavy atom. The van der Waals surface area contributed by atoms with Crippen molar-refractivity contribution in [2.75, 3.05) is 20.2 Å². The molecule has 1 aromatic carbocycles. The van der Waals surface area contributed by atoms with E-state index in [0.29, 0.717) is 23.9 Å². The van der Waals surface area contributed by atoms with E-state index in [2.05, 4.69) is 14.9 Å². The molecule has 2 heterocycles. The molecule has 1 aliphatic heterocycles. The molecule has 3 rings (SSSR count). The fraction of sp³-hybridized carbons (Fsp3) is 0.421.